The number of halogens is 1. The molecule has 0 aliphatic rings. The second-order valence-electron chi connectivity index (χ2n) is 7.28. The van der Waals surface area contributed by atoms with Crippen LogP contribution in [0.1, 0.15) is 11.3 Å². The molecule has 5 rings (SSSR count). The van der Waals surface area contributed by atoms with E-state index in [1.807, 2.05) is 49.4 Å². The highest BCUT2D eigenvalue weighted by Crippen LogP contribution is 2.24. The maximum Gasteiger partial charge on any atom is 0.249 e. The number of aryl methyl sites for hydroxylation is 1. The van der Waals surface area contributed by atoms with Crippen molar-refractivity contribution in [2.24, 2.45) is 0 Å². The van der Waals surface area contributed by atoms with Crippen molar-refractivity contribution in [3.05, 3.63) is 95.5 Å². The van der Waals surface area contributed by atoms with E-state index in [1.54, 1.807) is 39.8 Å². The van der Waals surface area contributed by atoms with Crippen molar-refractivity contribution >= 4 is 40.4 Å². The molecule has 3 heterocycles. The summed E-state index contributed by atoms with van der Waals surface area (Å²) >= 11 is 6.01. The molecule has 0 bridgehead atoms. The van der Waals surface area contributed by atoms with E-state index in [2.05, 4.69) is 25.5 Å². The number of aromatic nitrogens is 6. The molecule has 0 saturated heterocycles. The molecule has 0 aliphatic carbocycles. The number of carbonyl (C=O) groups excluding carboxylic acids is 1. The fourth-order valence-electron chi connectivity index (χ4n) is 3.43. The minimum atomic E-state index is -0.276. The maximum absolute atomic E-state index is 12.6. The first-order valence-electron chi connectivity index (χ1n) is 10.1. The third-order valence-electron chi connectivity index (χ3n) is 4.93. The summed E-state index contributed by atoms with van der Waals surface area (Å²) in [5.74, 6) is 0.729. The van der Waals surface area contributed by atoms with Crippen molar-refractivity contribution in [1.82, 2.24) is 29.5 Å². The highest BCUT2D eigenvalue weighted by molar-refractivity contribution is 6.30. The molecule has 0 atom stereocenters. The van der Waals surface area contributed by atoms with Gasteiger partial charge in [0, 0.05) is 17.2 Å². The molecule has 0 fully saturated rings. The Kier molecular flexibility index (Phi) is 5.42. The minimum Gasteiger partial charge on any atom is -0.307 e. The monoisotopic (exact) mass is 455 g/mol. The third-order valence-corrected chi connectivity index (χ3v) is 5.18. The largest absolute Gasteiger partial charge is 0.307 e. The average Bonchev–Trinajstić information content (AvgIpc) is 3.42. The summed E-state index contributed by atoms with van der Waals surface area (Å²) in [5.41, 5.74) is 3.09. The lowest BCUT2D eigenvalue weighted by Crippen LogP contribution is -2.13. The first kappa shape index (κ1) is 20.6. The van der Waals surface area contributed by atoms with Crippen LogP contribution in [-0.2, 0) is 4.79 Å². The molecule has 33 heavy (non-hydrogen) atoms. The molecule has 3 aromatic heterocycles. The SMILES string of the molecule is Cc1cc(NC(=O)/C=C/c2ccccc2)n(-c2ncnc3c2cnn3-c2ccc(Cl)cc2)n1. The second-order valence-corrected chi connectivity index (χ2v) is 7.72. The minimum absolute atomic E-state index is 0.276. The molecule has 0 saturated carbocycles. The van der Waals surface area contributed by atoms with Crippen molar-refractivity contribution in [2.45, 2.75) is 6.92 Å². The molecular formula is C24H18ClN7O. The van der Waals surface area contributed by atoms with Gasteiger partial charge < -0.3 is 5.32 Å². The van der Waals surface area contributed by atoms with Gasteiger partial charge in [0.2, 0.25) is 5.91 Å². The van der Waals surface area contributed by atoms with E-state index in [0.717, 1.165) is 16.9 Å². The van der Waals surface area contributed by atoms with E-state index in [-0.39, 0.29) is 5.91 Å². The number of fused-ring (bicyclic) bond motifs is 1. The lowest BCUT2D eigenvalue weighted by Gasteiger charge is -2.08. The summed E-state index contributed by atoms with van der Waals surface area (Å²) in [6.45, 7) is 1.85. The standard InChI is InChI=1S/C24H18ClN7O/c1-16-13-21(29-22(33)12-7-17-5-3-2-4-6-17)32(30-16)24-20-14-28-31(23(20)26-15-27-24)19-10-8-18(25)9-11-19/h2-15H,1H3,(H,29,33)/b12-7+. The topological polar surface area (TPSA) is 90.5 Å². The van der Waals surface area contributed by atoms with Crippen LogP contribution >= 0.6 is 11.6 Å². The van der Waals surface area contributed by atoms with Crippen LogP contribution in [0.2, 0.25) is 5.02 Å². The lowest BCUT2D eigenvalue weighted by atomic mass is 10.2. The molecule has 162 valence electrons. The van der Waals surface area contributed by atoms with Crippen LogP contribution in [-0.4, -0.2) is 35.4 Å². The lowest BCUT2D eigenvalue weighted by molar-refractivity contribution is -0.111. The van der Waals surface area contributed by atoms with E-state index in [1.165, 1.54) is 12.4 Å². The molecule has 9 heteroatoms. The molecule has 0 aliphatic heterocycles. The number of nitrogens with one attached hydrogen (secondary N) is 1. The smallest absolute Gasteiger partial charge is 0.249 e. The van der Waals surface area contributed by atoms with Gasteiger partial charge >= 0.3 is 0 Å². The van der Waals surface area contributed by atoms with Gasteiger partial charge in [0.1, 0.15) is 12.1 Å². The third kappa shape index (κ3) is 4.24. The summed E-state index contributed by atoms with van der Waals surface area (Å²) in [4.78, 5) is 21.4. The summed E-state index contributed by atoms with van der Waals surface area (Å²) in [6, 6.07) is 18.7. The van der Waals surface area contributed by atoms with Gasteiger partial charge in [-0.1, -0.05) is 41.9 Å². The highest BCUT2D eigenvalue weighted by Gasteiger charge is 2.17. The predicted octanol–water partition coefficient (Wildman–Crippen LogP) is 4.61. The van der Waals surface area contributed by atoms with Crippen molar-refractivity contribution in [1.29, 1.82) is 0 Å². The molecule has 2 aromatic carbocycles. The molecule has 0 spiro atoms. The normalized spacial score (nSPS) is 11.3. The van der Waals surface area contributed by atoms with Crippen molar-refractivity contribution in [2.75, 3.05) is 5.32 Å². The van der Waals surface area contributed by atoms with Gasteiger partial charge in [-0.15, -0.1) is 0 Å². The van der Waals surface area contributed by atoms with Crippen molar-refractivity contribution in [3.8, 4) is 11.5 Å². The van der Waals surface area contributed by atoms with Gasteiger partial charge in [-0.2, -0.15) is 14.9 Å². The van der Waals surface area contributed by atoms with Gasteiger partial charge in [-0.25, -0.2) is 14.6 Å². The Bertz CT molecular complexity index is 1470. The number of amides is 1. The second kappa shape index (κ2) is 8.68. The summed E-state index contributed by atoms with van der Waals surface area (Å²) in [7, 11) is 0. The Hall–Kier alpha value is -4.30. The van der Waals surface area contributed by atoms with Gasteiger partial charge in [0.15, 0.2) is 11.5 Å². The zero-order valence-corrected chi connectivity index (χ0v) is 18.3. The number of hydrogen-bond donors (Lipinski definition) is 1. The summed E-state index contributed by atoms with van der Waals surface area (Å²) in [5, 5.41) is 13.2. The van der Waals surface area contributed by atoms with Crippen LogP contribution in [0, 0.1) is 6.92 Å². The van der Waals surface area contributed by atoms with Gasteiger partial charge in [0.25, 0.3) is 0 Å². The molecule has 8 nitrogen and oxygen atoms in total. The zero-order chi connectivity index (χ0) is 22.8. The fraction of sp³-hybridized carbons (Fsp3) is 0.0417. The molecule has 1 amide bonds. The van der Waals surface area contributed by atoms with E-state index >= 15 is 0 Å². The van der Waals surface area contributed by atoms with E-state index in [0.29, 0.717) is 27.7 Å². The number of anilines is 1. The Labute approximate surface area is 194 Å². The summed E-state index contributed by atoms with van der Waals surface area (Å²) in [6.07, 6.45) is 6.36. The Morgan fingerprint density at radius 2 is 1.82 bits per heavy atom. The zero-order valence-electron chi connectivity index (χ0n) is 17.6. The first-order valence-corrected chi connectivity index (χ1v) is 10.5. The average molecular weight is 456 g/mol. The van der Waals surface area contributed by atoms with E-state index in [4.69, 9.17) is 11.6 Å². The quantitative estimate of drug-likeness (QED) is 0.391. The van der Waals surface area contributed by atoms with Crippen molar-refractivity contribution in [3.63, 3.8) is 0 Å². The number of rotatable bonds is 5. The van der Waals surface area contributed by atoms with Crippen LogP contribution in [0.5, 0.6) is 0 Å². The van der Waals surface area contributed by atoms with Crippen LogP contribution in [0.4, 0.5) is 5.82 Å². The first-order chi connectivity index (χ1) is 16.1. The maximum atomic E-state index is 12.6. The predicted molar refractivity (Wildman–Crippen MR) is 128 cm³/mol. The Balaban J connectivity index is 1.49. The van der Waals surface area contributed by atoms with Crippen LogP contribution < -0.4 is 5.32 Å². The van der Waals surface area contributed by atoms with Crippen LogP contribution in [0.15, 0.2) is 79.3 Å². The Morgan fingerprint density at radius 3 is 2.61 bits per heavy atom. The fourth-order valence-corrected chi connectivity index (χ4v) is 3.55. The molecular weight excluding hydrogens is 438 g/mol. The molecule has 1 N–H and O–H groups in total. The Morgan fingerprint density at radius 1 is 1.03 bits per heavy atom. The van der Waals surface area contributed by atoms with E-state index in [9.17, 15) is 4.79 Å². The summed E-state index contributed by atoms with van der Waals surface area (Å²) < 4.78 is 3.29. The molecule has 5 aromatic rings. The highest BCUT2D eigenvalue weighted by atomic mass is 35.5. The number of nitrogens with zero attached hydrogens (tertiary/aromatic N) is 6. The number of carbonyl (C=O) groups is 1. The van der Waals surface area contributed by atoms with Gasteiger partial charge in [-0.3, -0.25) is 4.79 Å². The van der Waals surface area contributed by atoms with Crippen molar-refractivity contribution < 1.29 is 4.79 Å². The van der Waals surface area contributed by atoms with Gasteiger partial charge in [-0.05, 0) is 42.8 Å². The van der Waals surface area contributed by atoms with E-state index < -0.39 is 0 Å². The number of hydrogen-bond acceptors (Lipinski definition) is 5. The molecule has 0 unspecified atom stereocenters. The van der Waals surface area contributed by atoms with Crippen LogP contribution in [0.25, 0.3) is 28.6 Å². The molecule has 0 radical (unpaired) electrons. The van der Waals surface area contributed by atoms with Crippen LogP contribution in [0.3, 0.4) is 0 Å². The number of benzene rings is 2. The van der Waals surface area contributed by atoms with Gasteiger partial charge in [0.05, 0.1) is 23.0 Å².